The Morgan fingerprint density at radius 3 is 2.54 bits per heavy atom. The Balaban J connectivity index is 1.83. The van der Waals surface area contributed by atoms with Gasteiger partial charge in [-0.2, -0.15) is 5.10 Å². The van der Waals surface area contributed by atoms with E-state index in [9.17, 15) is 9.90 Å². The number of hydrogen-bond donors (Lipinski definition) is 2. The molecule has 1 fully saturated rings. The van der Waals surface area contributed by atoms with Crippen molar-refractivity contribution in [2.75, 3.05) is 19.8 Å². The molecule has 140 valence electrons. The minimum Gasteiger partial charge on any atom is -0.383 e. The Morgan fingerprint density at radius 1 is 1.31 bits per heavy atom. The molecule has 1 amide bonds. The molecule has 0 bridgehead atoms. The number of rotatable bonds is 5. The van der Waals surface area contributed by atoms with Gasteiger partial charge < -0.3 is 15.2 Å². The maximum absolute atomic E-state index is 12.8. The third-order valence-electron chi connectivity index (χ3n) is 5.42. The van der Waals surface area contributed by atoms with Crippen LogP contribution in [0.3, 0.4) is 0 Å². The first-order valence-corrected chi connectivity index (χ1v) is 9.07. The van der Waals surface area contributed by atoms with E-state index in [0.717, 1.165) is 24.1 Å². The molecule has 0 radical (unpaired) electrons. The van der Waals surface area contributed by atoms with Crippen LogP contribution >= 0.6 is 0 Å². The molecule has 1 unspecified atom stereocenters. The zero-order valence-corrected chi connectivity index (χ0v) is 15.7. The highest BCUT2D eigenvalue weighted by Crippen LogP contribution is 2.35. The van der Waals surface area contributed by atoms with Crippen molar-refractivity contribution in [3.05, 3.63) is 52.8 Å². The molecular weight excluding hydrogens is 330 g/mol. The Morgan fingerprint density at radius 2 is 1.96 bits per heavy atom. The number of aryl methyl sites for hydroxylation is 2. The van der Waals surface area contributed by atoms with E-state index in [1.54, 1.807) is 4.68 Å². The summed E-state index contributed by atoms with van der Waals surface area (Å²) in [6.45, 7) is 5.12. The van der Waals surface area contributed by atoms with E-state index in [2.05, 4.69) is 10.4 Å². The highest BCUT2D eigenvalue weighted by atomic mass is 16.5. The van der Waals surface area contributed by atoms with E-state index in [0.29, 0.717) is 24.5 Å². The lowest BCUT2D eigenvalue weighted by Gasteiger charge is -2.39. The number of nitrogens with one attached hydrogen (secondary N) is 1. The van der Waals surface area contributed by atoms with Crippen LogP contribution in [0.2, 0.25) is 0 Å². The van der Waals surface area contributed by atoms with Crippen molar-refractivity contribution in [2.45, 2.75) is 32.3 Å². The molecule has 6 nitrogen and oxygen atoms in total. The maximum Gasteiger partial charge on any atom is 0.255 e. The first-order chi connectivity index (χ1) is 12.4. The third kappa shape index (κ3) is 3.52. The SMILES string of the molecule is Cc1nn(C)c(C)c1C(=O)NCC(O)(c1ccccc1)C1CCOCC1. The molecule has 6 heteroatoms. The summed E-state index contributed by atoms with van der Waals surface area (Å²) in [4.78, 5) is 12.8. The quantitative estimate of drug-likeness (QED) is 0.859. The van der Waals surface area contributed by atoms with Gasteiger partial charge in [-0.1, -0.05) is 30.3 Å². The predicted molar refractivity (Wildman–Crippen MR) is 98.9 cm³/mol. The van der Waals surface area contributed by atoms with E-state index in [4.69, 9.17) is 4.74 Å². The van der Waals surface area contributed by atoms with Crippen molar-refractivity contribution in [3.8, 4) is 0 Å². The maximum atomic E-state index is 12.8. The van der Waals surface area contributed by atoms with Crippen LogP contribution in [0.25, 0.3) is 0 Å². The lowest BCUT2D eigenvalue weighted by molar-refractivity contribution is -0.0680. The van der Waals surface area contributed by atoms with Gasteiger partial charge in [0.2, 0.25) is 0 Å². The summed E-state index contributed by atoms with van der Waals surface area (Å²) in [5, 5.41) is 18.8. The normalized spacial score (nSPS) is 17.7. The minimum absolute atomic E-state index is 0.0371. The smallest absolute Gasteiger partial charge is 0.255 e. The van der Waals surface area contributed by atoms with Gasteiger partial charge in [-0.25, -0.2) is 0 Å². The van der Waals surface area contributed by atoms with Gasteiger partial charge >= 0.3 is 0 Å². The summed E-state index contributed by atoms with van der Waals surface area (Å²) in [7, 11) is 1.82. The molecule has 2 N–H and O–H groups in total. The number of benzene rings is 1. The second-order valence-corrected chi connectivity index (χ2v) is 7.03. The molecule has 2 aromatic rings. The molecule has 1 aromatic heterocycles. The lowest BCUT2D eigenvalue weighted by atomic mass is 9.77. The number of amides is 1. The number of carbonyl (C=O) groups is 1. The second-order valence-electron chi connectivity index (χ2n) is 7.03. The van der Waals surface area contributed by atoms with Crippen molar-refractivity contribution in [1.29, 1.82) is 0 Å². The zero-order valence-electron chi connectivity index (χ0n) is 15.7. The molecule has 1 saturated heterocycles. The molecule has 26 heavy (non-hydrogen) atoms. The largest absolute Gasteiger partial charge is 0.383 e. The van der Waals surface area contributed by atoms with Crippen LogP contribution in [-0.4, -0.2) is 40.6 Å². The fraction of sp³-hybridized carbons (Fsp3) is 0.500. The number of carbonyl (C=O) groups excluding carboxylic acids is 1. The lowest BCUT2D eigenvalue weighted by Crippen LogP contribution is -2.47. The Bertz CT molecular complexity index is 766. The average Bonchev–Trinajstić information content (AvgIpc) is 2.93. The van der Waals surface area contributed by atoms with E-state index in [1.165, 1.54) is 0 Å². The summed E-state index contributed by atoms with van der Waals surface area (Å²) in [5.74, 6) is -0.162. The van der Waals surface area contributed by atoms with Gasteiger partial charge in [0.15, 0.2) is 0 Å². The molecule has 1 aromatic carbocycles. The summed E-state index contributed by atoms with van der Waals surface area (Å²) in [5.41, 5.74) is 1.79. The molecule has 1 atom stereocenters. The summed E-state index contributed by atoms with van der Waals surface area (Å²) in [6, 6.07) is 9.59. The van der Waals surface area contributed by atoms with Gasteiger partial charge in [0.1, 0.15) is 5.60 Å². The van der Waals surface area contributed by atoms with Crippen molar-refractivity contribution in [1.82, 2.24) is 15.1 Å². The fourth-order valence-electron chi connectivity index (χ4n) is 3.79. The van der Waals surface area contributed by atoms with Crippen molar-refractivity contribution in [3.63, 3.8) is 0 Å². The Hall–Kier alpha value is -2.18. The van der Waals surface area contributed by atoms with Gasteiger partial charge in [-0.05, 0) is 38.2 Å². The molecule has 0 aliphatic carbocycles. The number of aromatic nitrogens is 2. The number of ether oxygens (including phenoxy) is 1. The topological polar surface area (TPSA) is 76.4 Å². The van der Waals surface area contributed by atoms with Crippen molar-refractivity contribution < 1.29 is 14.6 Å². The van der Waals surface area contributed by atoms with Crippen LogP contribution in [0.4, 0.5) is 0 Å². The number of aliphatic hydroxyl groups is 1. The number of hydrogen-bond acceptors (Lipinski definition) is 4. The van der Waals surface area contributed by atoms with Gasteiger partial charge in [0.05, 0.1) is 17.8 Å². The molecule has 1 aliphatic rings. The third-order valence-corrected chi connectivity index (χ3v) is 5.42. The van der Waals surface area contributed by atoms with Crippen LogP contribution in [-0.2, 0) is 17.4 Å². The Kier molecular flexibility index (Phi) is 5.44. The van der Waals surface area contributed by atoms with E-state index < -0.39 is 5.60 Å². The van der Waals surface area contributed by atoms with E-state index in [1.807, 2.05) is 51.2 Å². The molecule has 2 heterocycles. The average molecular weight is 357 g/mol. The Labute approximate surface area is 154 Å². The predicted octanol–water partition coefficient (Wildman–Crippen LogP) is 2.08. The summed E-state index contributed by atoms with van der Waals surface area (Å²) >= 11 is 0. The first kappa shape index (κ1) is 18.6. The molecular formula is C20H27N3O3. The van der Waals surface area contributed by atoms with Crippen LogP contribution in [0.15, 0.2) is 30.3 Å². The highest BCUT2D eigenvalue weighted by Gasteiger charge is 2.39. The van der Waals surface area contributed by atoms with Crippen LogP contribution in [0.5, 0.6) is 0 Å². The van der Waals surface area contributed by atoms with Crippen LogP contribution in [0, 0.1) is 19.8 Å². The molecule has 0 spiro atoms. The molecule has 0 saturated carbocycles. The van der Waals surface area contributed by atoms with Crippen molar-refractivity contribution in [2.24, 2.45) is 13.0 Å². The standard InChI is InChI=1S/C20H27N3O3/c1-14-18(15(2)23(3)22-14)19(24)21-13-20(25,16-7-5-4-6-8-16)17-9-11-26-12-10-17/h4-8,17,25H,9-13H2,1-3H3,(H,21,24). The van der Waals surface area contributed by atoms with Crippen molar-refractivity contribution >= 4 is 5.91 Å². The van der Waals surface area contributed by atoms with Gasteiger partial charge in [0.25, 0.3) is 5.91 Å². The van der Waals surface area contributed by atoms with E-state index >= 15 is 0 Å². The van der Waals surface area contributed by atoms with E-state index in [-0.39, 0.29) is 18.4 Å². The van der Waals surface area contributed by atoms with Gasteiger partial charge in [0, 0.05) is 26.0 Å². The monoisotopic (exact) mass is 357 g/mol. The van der Waals surface area contributed by atoms with Crippen LogP contribution < -0.4 is 5.32 Å². The first-order valence-electron chi connectivity index (χ1n) is 9.07. The fourth-order valence-corrected chi connectivity index (χ4v) is 3.79. The molecule has 1 aliphatic heterocycles. The molecule has 3 rings (SSSR count). The van der Waals surface area contributed by atoms with Gasteiger partial charge in [-0.15, -0.1) is 0 Å². The summed E-state index contributed by atoms with van der Waals surface area (Å²) in [6.07, 6.45) is 1.54. The van der Waals surface area contributed by atoms with Crippen LogP contribution in [0.1, 0.15) is 40.2 Å². The zero-order chi connectivity index (χ0) is 18.7. The minimum atomic E-state index is -1.12. The summed E-state index contributed by atoms with van der Waals surface area (Å²) < 4.78 is 7.15. The number of nitrogens with zero attached hydrogens (tertiary/aromatic N) is 2. The highest BCUT2D eigenvalue weighted by molar-refractivity contribution is 5.96. The van der Waals surface area contributed by atoms with Gasteiger partial charge in [-0.3, -0.25) is 9.48 Å². The second kappa shape index (κ2) is 7.60.